The number of benzene rings is 2. The molecule has 144 valence electrons. The second kappa shape index (κ2) is 9.03. The predicted molar refractivity (Wildman–Crippen MR) is 113 cm³/mol. The summed E-state index contributed by atoms with van der Waals surface area (Å²) in [6, 6.07) is 18.6. The average Bonchev–Trinajstić information content (AvgIpc) is 2.69. The number of hydrogen-bond acceptors (Lipinski definition) is 2. The van der Waals surface area contributed by atoms with E-state index in [1.54, 1.807) is 0 Å². The van der Waals surface area contributed by atoms with Crippen molar-refractivity contribution in [3.8, 4) is 0 Å². The third-order valence-electron chi connectivity index (χ3n) is 5.69. The normalized spacial score (nSPS) is 17.5. The first-order valence-electron chi connectivity index (χ1n) is 9.70. The van der Waals surface area contributed by atoms with Crippen LogP contribution < -0.4 is 5.32 Å². The Morgan fingerprint density at radius 3 is 2.30 bits per heavy atom. The van der Waals surface area contributed by atoms with E-state index in [4.69, 9.17) is 4.74 Å². The molecule has 1 aliphatic rings. The molecule has 1 aliphatic heterocycles. The van der Waals surface area contributed by atoms with Crippen LogP contribution in [0.25, 0.3) is 0 Å². The largest absolute Gasteiger partial charge is 0.381 e. The van der Waals surface area contributed by atoms with Gasteiger partial charge in [0.25, 0.3) is 0 Å². The lowest BCUT2D eigenvalue weighted by atomic mass is 9.73. The molecule has 0 spiro atoms. The minimum atomic E-state index is -0.503. The molecule has 0 radical (unpaired) electrons. The fourth-order valence-electron chi connectivity index (χ4n) is 3.95. The lowest BCUT2D eigenvalue weighted by Gasteiger charge is -2.37. The summed E-state index contributed by atoms with van der Waals surface area (Å²) in [6.07, 6.45) is 1.44. The van der Waals surface area contributed by atoms with Crippen LogP contribution in [-0.4, -0.2) is 25.7 Å². The second-order valence-corrected chi connectivity index (χ2v) is 8.59. The number of ether oxygens (including phenoxy) is 1. The van der Waals surface area contributed by atoms with Crippen LogP contribution in [0.3, 0.4) is 0 Å². The van der Waals surface area contributed by atoms with E-state index in [9.17, 15) is 4.79 Å². The smallest absolute Gasteiger partial charge is 0.230 e. The molecule has 2 aromatic carbocycles. The molecule has 4 heteroatoms. The average molecular weight is 430 g/mol. The van der Waals surface area contributed by atoms with Crippen LogP contribution in [0.15, 0.2) is 59.1 Å². The van der Waals surface area contributed by atoms with E-state index in [2.05, 4.69) is 71.5 Å². The van der Waals surface area contributed by atoms with Gasteiger partial charge in [0.1, 0.15) is 0 Å². The van der Waals surface area contributed by atoms with Gasteiger partial charge in [-0.15, -0.1) is 0 Å². The number of hydrogen-bond donors (Lipinski definition) is 1. The molecular formula is C23H28BrNO2. The number of rotatable bonds is 6. The molecule has 1 amide bonds. The molecule has 1 fully saturated rings. The number of carbonyl (C=O) groups excluding carboxylic acids is 1. The topological polar surface area (TPSA) is 38.3 Å². The summed E-state index contributed by atoms with van der Waals surface area (Å²) >= 11 is 3.49. The molecule has 1 heterocycles. The van der Waals surface area contributed by atoms with Crippen LogP contribution >= 0.6 is 15.9 Å². The maximum absolute atomic E-state index is 13.4. The Balaban J connectivity index is 1.79. The van der Waals surface area contributed by atoms with Crippen LogP contribution in [0.1, 0.15) is 43.7 Å². The molecule has 3 rings (SSSR count). The van der Waals surface area contributed by atoms with Gasteiger partial charge in [0.15, 0.2) is 0 Å². The van der Waals surface area contributed by atoms with Crippen LogP contribution in [0, 0.1) is 5.92 Å². The van der Waals surface area contributed by atoms with Crippen molar-refractivity contribution in [1.29, 1.82) is 0 Å². The van der Waals surface area contributed by atoms with Gasteiger partial charge in [0.2, 0.25) is 5.91 Å². The number of nitrogens with one attached hydrogen (secondary N) is 1. The van der Waals surface area contributed by atoms with Crippen LogP contribution in [0.2, 0.25) is 0 Å². The van der Waals surface area contributed by atoms with Crippen LogP contribution in [-0.2, 0) is 14.9 Å². The van der Waals surface area contributed by atoms with E-state index in [1.807, 2.05) is 18.2 Å². The Kier molecular flexibility index (Phi) is 6.72. The summed E-state index contributed by atoms with van der Waals surface area (Å²) in [5.41, 5.74) is 1.85. The molecule has 0 aliphatic carbocycles. The lowest BCUT2D eigenvalue weighted by molar-refractivity contribution is -0.130. The third-order valence-corrected chi connectivity index (χ3v) is 6.22. The minimum Gasteiger partial charge on any atom is -0.381 e. The maximum atomic E-state index is 13.4. The number of halogens is 1. The van der Waals surface area contributed by atoms with Gasteiger partial charge >= 0.3 is 0 Å². The SMILES string of the molecule is CC(C)C(CNC(=O)C1(c2ccc(Br)cc2)CCOCC1)c1ccccc1. The fourth-order valence-corrected chi connectivity index (χ4v) is 4.21. The molecular weight excluding hydrogens is 402 g/mol. The minimum absolute atomic E-state index is 0.120. The van der Waals surface area contributed by atoms with Crippen molar-refractivity contribution in [2.45, 2.75) is 38.0 Å². The van der Waals surface area contributed by atoms with Gasteiger partial charge in [-0.3, -0.25) is 4.79 Å². The highest BCUT2D eigenvalue weighted by atomic mass is 79.9. The van der Waals surface area contributed by atoms with Gasteiger partial charge in [0.05, 0.1) is 5.41 Å². The molecule has 27 heavy (non-hydrogen) atoms. The highest BCUT2D eigenvalue weighted by molar-refractivity contribution is 9.10. The van der Waals surface area contributed by atoms with Crippen LogP contribution in [0.5, 0.6) is 0 Å². The summed E-state index contributed by atoms with van der Waals surface area (Å²) in [6.45, 7) is 6.32. The molecule has 0 bridgehead atoms. The van der Waals surface area contributed by atoms with Crippen LogP contribution in [0.4, 0.5) is 0 Å². The zero-order chi connectivity index (χ0) is 19.3. The summed E-state index contributed by atoms with van der Waals surface area (Å²) < 4.78 is 6.59. The first-order chi connectivity index (χ1) is 13.0. The van der Waals surface area contributed by atoms with Gasteiger partial charge in [-0.25, -0.2) is 0 Å². The standard InChI is InChI=1S/C23H28BrNO2/c1-17(2)21(18-6-4-3-5-7-18)16-25-22(26)23(12-14-27-15-13-23)19-8-10-20(24)11-9-19/h3-11,17,21H,12-16H2,1-2H3,(H,25,26). The Bertz CT molecular complexity index is 737. The van der Waals surface area contributed by atoms with Gasteiger partial charge in [-0.05, 0) is 42.0 Å². The molecule has 0 aromatic heterocycles. The van der Waals surface area contributed by atoms with Crippen molar-refractivity contribution in [1.82, 2.24) is 5.32 Å². The lowest BCUT2D eigenvalue weighted by Crippen LogP contribution is -2.49. The number of carbonyl (C=O) groups is 1. The van der Waals surface area contributed by atoms with E-state index in [-0.39, 0.29) is 5.91 Å². The van der Waals surface area contributed by atoms with Gasteiger partial charge in [-0.2, -0.15) is 0 Å². The Hall–Kier alpha value is -1.65. The zero-order valence-electron chi connectivity index (χ0n) is 16.1. The first-order valence-corrected chi connectivity index (χ1v) is 10.5. The summed E-state index contributed by atoms with van der Waals surface area (Å²) in [4.78, 5) is 13.4. The van der Waals surface area contributed by atoms with Gasteiger partial charge < -0.3 is 10.1 Å². The molecule has 0 saturated carbocycles. The fraction of sp³-hybridized carbons (Fsp3) is 0.435. The van der Waals surface area contributed by atoms with Crippen molar-refractivity contribution < 1.29 is 9.53 Å². The third kappa shape index (κ3) is 4.61. The van der Waals surface area contributed by atoms with E-state index in [1.165, 1.54) is 5.56 Å². The van der Waals surface area contributed by atoms with Crippen molar-refractivity contribution >= 4 is 21.8 Å². The Labute approximate surface area is 170 Å². The van der Waals surface area contributed by atoms with Crippen molar-refractivity contribution in [3.63, 3.8) is 0 Å². The molecule has 2 aromatic rings. The van der Waals surface area contributed by atoms with E-state index >= 15 is 0 Å². The highest BCUT2D eigenvalue weighted by Gasteiger charge is 2.41. The van der Waals surface area contributed by atoms with Gasteiger partial charge in [0, 0.05) is 30.1 Å². The summed E-state index contributed by atoms with van der Waals surface area (Å²) in [5, 5.41) is 3.28. The maximum Gasteiger partial charge on any atom is 0.230 e. The predicted octanol–water partition coefficient (Wildman–Crippen LogP) is 5.05. The first kappa shape index (κ1) is 20.1. The molecule has 1 N–H and O–H groups in total. The van der Waals surface area contributed by atoms with Crippen molar-refractivity contribution in [3.05, 3.63) is 70.2 Å². The van der Waals surface area contributed by atoms with E-state index in [0.29, 0.717) is 31.6 Å². The quantitative estimate of drug-likeness (QED) is 0.696. The van der Waals surface area contributed by atoms with Gasteiger partial charge in [-0.1, -0.05) is 72.2 Å². The highest BCUT2D eigenvalue weighted by Crippen LogP contribution is 2.36. The zero-order valence-corrected chi connectivity index (χ0v) is 17.7. The number of amides is 1. The van der Waals surface area contributed by atoms with Crippen molar-refractivity contribution in [2.75, 3.05) is 19.8 Å². The van der Waals surface area contributed by atoms with Crippen molar-refractivity contribution in [2.24, 2.45) is 5.92 Å². The molecule has 3 nitrogen and oxygen atoms in total. The second-order valence-electron chi connectivity index (χ2n) is 7.67. The Morgan fingerprint density at radius 1 is 1.07 bits per heavy atom. The monoisotopic (exact) mass is 429 g/mol. The molecule has 1 atom stereocenters. The summed E-state index contributed by atoms with van der Waals surface area (Å²) in [7, 11) is 0. The van der Waals surface area contributed by atoms with E-state index in [0.717, 1.165) is 22.9 Å². The summed E-state index contributed by atoms with van der Waals surface area (Å²) in [5.74, 6) is 0.873. The molecule has 1 saturated heterocycles. The van der Waals surface area contributed by atoms with E-state index < -0.39 is 5.41 Å². The molecule has 1 unspecified atom stereocenters. The Morgan fingerprint density at radius 2 is 1.70 bits per heavy atom.